The fourth-order valence-corrected chi connectivity index (χ4v) is 4.80. The Labute approximate surface area is 124 Å². The van der Waals surface area contributed by atoms with Gasteiger partial charge in [-0.3, -0.25) is 0 Å². The maximum Gasteiger partial charge on any atom is 0.0441 e. The van der Waals surface area contributed by atoms with E-state index in [0.29, 0.717) is 28.6 Å². The Morgan fingerprint density at radius 1 is 1.37 bits per heavy atom. The lowest BCUT2D eigenvalue weighted by atomic mass is 9.68. The maximum atomic E-state index is 9.08. The summed E-state index contributed by atoms with van der Waals surface area (Å²) in [6.07, 6.45) is 6.17. The van der Waals surface area contributed by atoms with Gasteiger partial charge in [0.15, 0.2) is 0 Å². The van der Waals surface area contributed by atoms with Gasteiger partial charge in [-0.15, -0.1) is 0 Å². The molecule has 0 saturated heterocycles. The lowest BCUT2D eigenvalue weighted by Gasteiger charge is -2.43. The van der Waals surface area contributed by atoms with Gasteiger partial charge < -0.3 is 10.4 Å². The lowest BCUT2D eigenvalue weighted by molar-refractivity contribution is 0.142. The molecule has 0 aliphatic heterocycles. The molecule has 0 radical (unpaired) electrons. The van der Waals surface area contributed by atoms with Crippen molar-refractivity contribution in [2.45, 2.75) is 76.3 Å². The highest BCUT2D eigenvalue weighted by Crippen LogP contribution is 2.44. The van der Waals surface area contributed by atoms with Gasteiger partial charge in [0.05, 0.1) is 0 Å². The van der Waals surface area contributed by atoms with Crippen LogP contribution >= 0.6 is 11.8 Å². The number of aliphatic hydroxyl groups excluding tert-OH is 1. The molecular formula is C16H33NOS. The molecule has 0 aromatic heterocycles. The highest BCUT2D eigenvalue weighted by atomic mass is 32.2. The molecule has 4 atom stereocenters. The SMILES string of the molecule is CCC(C)(C)C1CCC(NC)C(SC(C)CCO)C1. The van der Waals surface area contributed by atoms with E-state index in [4.69, 9.17) is 5.11 Å². The molecule has 114 valence electrons. The molecule has 0 spiro atoms. The summed E-state index contributed by atoms with van der Waals surface area (Å²) in [5.74, 6) is 0.848. The first kappa shape index (κ1) is 17.3. The van der Waals surface area contributed by atoms with Gasteiger partial charge in [-0.2, -0.15) is 11.8 Å². The molecule has 3 heteroatoms. The van der Waals surface area contributed by atoms with Crippen molar-refractivity contribution in [3.8, 4) is 0 Å². The molecule has 1 rings (SSSR count). The van der Waals surface area contributed by atoms with Gasteiger partial charge in [-0.1, -0.05) is 34.1 Å². The van der Waals surface area contributed by atoms with Crippen molar-refractivity contribution in [3.63, 3.8) is 0 Å². The Bertz CT molecular complexity index is 257. The van der Waals surface area contributed by atoms with Crippen LogP contribution in [0.4, 0.5) is 0 Å². The lowest BCUT2D eigenvalue weighted by Crippen LogP contribution is -2.44. The molecule has 0 aromatic rings. The highest BCUT2D eigenvalue weighted by molar-refractivity contribution is 8.00. The maximum absolute atomic E-state index is 9.08. The van der Waals surface area contributed by atoms with Crippen LogP contribution in [0, 0.1) is 11.3 Å². The summed E-state index contributed by atoms with van der Waals surface area (Å²) in [7, 11) is 2.10. The Balaban J connectivity index is 2.63. The first-order chi connectivity index (χ1) is 8.94. The molecule has 1 aliphatic carbocycles. The minimum absolute atomic E-state index is 0.314. The topological polar surface area (TPSA) is 32.3 Å². The zero-order chi connectivity index (χ0) is 14.5. The van der Waals surface area contributed by atoms with Crippen LogP contribution in [-0.4, -0.2) is 35.3 Å². The summed E-state index contributed by atoms with van der Waals surface area (Å²) in [4.78, 5) is 0. The first-order valence-corrected chi connectivity index (χ1v) is 8.82. The number of rotatable bonds is 7. The van der Waals surface area contributed by atoms with Gasteiger partial charge in [0.25, 0.3) is 0 Å². The van der Waals surface area contributed by atoms with Gasteiger partial charge in [0.2, 0.25) is 0 Å². The predicted molar refractivity (Wildman–Crippen MR) is 86.8 cm³/mol. The average molecular weight is 288 g/mol. The number of hydrogen-bond donors (Lipinski definition) is 2. The van der Waals surface area contributed by atoms with E-state index in [-0.39, 0.29) is 0 Å². The third-order valence-corrected chi connectivity index (χ3v) is 6.69. The number of aliphatic hydroxyl groups is 1. The quantitative estimate of drug-likeness (QED) is 0.749. The summed E-state index contributed by atoms with van der Waals surface area (Å²) < 4.78 is 0. The van der Waals surface area contributed by atoms with Crippen LogP contribution in [0.3, 0.4) is 0 Å². The summed E-state index contributed by atoms with van der Waals surface area (Å²) >= 11 is 2.09. The van der Waals surface area contributed by atoms with Gasteiger partial charge in [0, 0.05) is 23.1 Å². The Hall–Kier alpha value is 0.270. The summed E-state index contributed by atoms with van der Waals surface area (Å²) in [6.45, 7) is 9.74. The number of thioether (sulfide) groups is 1. The van der Waals surface area contributed by atoms with E-state index in [0.717, 1.165) is 12.3 Å². The van der Waals surface area contributed by atoms with Gasteiger partial charge in [-0.05, 0) is 44.1 Å². The molecule has 1 aliphatic rings. The molecule has 2 N–H and O–H groups in total. The van der Waals surface area contributed by atoms with Crippen molar-refractivity contribution >= 4 is 11.8 Å². The van der Waals surface area contributed by atoms with E-state index < -0.39 is 0 Å². The summed E-state index contributed by atoms with van der Waals surface area (Å²) in [6, 6.07) is 0.648. The molecule has 0 amide bonds. The van der Waals surface area contributed by atoms with Crippen LogP contribution in [0.1, 0.15) is 59.8 Å². The highest BCUT2D eigenvalue weighted by Gasteiger charge is 2.37. The second kappa shape index (κ2) is 7.90. The molecule has 4 unspecified atom stereocenters. The van der Waals surface area contributed by atoms with Crippen LogP contribution in [0.25, 0.3) is 0 Å². The van der Waals surface area contributed by atoms with Crippen molar-refractivity contribution in [1.82, 2.24) is 5.32 Å². The van der Waals surface area contributed by atoms with Crippen LogP contribution in [0.15, 0.2) is 0 Å². The number of nitrogens with one attached hydrogen (secondary N) is 1. The monoisotopic (exact) mass is 287 g/mol. The second-order valence-corrected chi connectivity index (χ2v) is 8.43. The molecule has 19 heavy (non-hydrogen) atoms. The van der Waals surface area contributed by atoms with Gasteiger partial charge in [0.1, 0.15) is 0 Å². The Morgan fingerprint density at radius 2 is 2.05 bits per heavy atom. The molecule has 1 fully saturated rings. The largest absolute Gasteiger partial charge is 0.396 e. The first-order valence-electron chi connectivity index (χ1n) is 7.88. The average Bonchev–Trinajstić information content (AvgIpc) is 2.38. The van der Waals surface area contributed by atoms with Crippen molar-refractivity contribution in [3.05, 3.63) is 0 Å². The minimum Gasteiger partial charge on any atom is -0.396 e. The Morgan fingerprint density at radius 3 is 2.58 bits per heavy atom. The molecular weight excluding hydrogens is 254 g/mol. The van der Waals surface area contributed by atoms with Gasteiger partial charge >= 0.3 is 0 Å². The van der Waals surface area contributed by atoms with Crippen LogP contribution in [0.5, 0.6) is 0 Å². The smallest absolute Gasteiger partial charge is 0.0441 e. The van der Waals surface area contributed by atoms with E-state index in [9.17, 15) is 0 Å². The fraction of sp³-hybridized carbons (Fsp3) is 1.00. The van der Waals surface area contributed by atoms with Crippen molar-refractivity contribution < 1.29 is 5.11 Å². The fourth-order valence-electron chi connectivity index (χ4n) is 3.16. The number of hydrogen-bond acceptors (Lipinski definition) is 3. The van der Waals surface area contributed by atoms with E-state index in [1.807, 2.05) is 0 Å². The van der Waals surface area contributed by atoms with E-state index in [1.54, 1.807) is 0 Å². The standard InChI is InChI=1S/C16H33NOS/c1-6-16(3,4)13-7-8-14(17-5)15(11-13)19-12(2)9-10-18/h12-15,17-18H,6-11H2,1-5H3. The van der Waals surface area contributed by atoms with Crippen molar-refractivity contribution in [1.29, 1.82) is 0 Å². The zero-order valence-electron chi connectivity index (χ0n) is 13.4. The molecule has 0 aromatic carbocycles. The normalized spacial score (nSPS) is 30.3. The molecule has 0 heterocycles. The molecule has 2 nitrogen and oxygen atoms in total. The third-order valence-electron chi connectivity index (χ3n) is 5.12. The van der Waals surface area contributed by atoms with E-state index in [1.165, 1.54) is 25.7 Å². The third kappa shape index (κ3) is 4.95. The summed E-state index contributed by atoms with van der Waals surface area (Å²) in [5, 5.41) is 13.9. The Kier molecular flexibility index (Phi) is 7.20. The molecule has 1 saturated carbocycles. The van der Waals surface area contributed by atoms with Gasteiger partial charge in [-0.25, -0.2) is 0 Å². The van der Waals surface area contributed by atoms with E-state index in [2.05, 4.69) is 51.8 Å². The predicted octanol–water partition coefficient (Wildman–Crippen LogP) is 3.68. The second-order valence-electron chi connectivity index (χ2n) is 6.74. The van der Waals surface area contributed by atoms with Crippen LogP contribution < -0.4 is 5.32 Å². The van der Waals surface area contributed by atoms with E-state index >= 15 is 0 Å². The minimum atomic E-state index is 0.314. The molecule has 0 bridgehead atoms. The van der Waals surface area contributed by atoms with Crippen LogP contribution in [-0.2, 0) is 0 Å². The van der Waals surface area contributed by atoms with Crippen molar-refractivity contribution in [2.24, 2.45) is 11.3 Å². The zero-order valence-corrected chi connectivity index (χ0v) is 14.2. The van der Waals surface area contributed by atoms with Crippen LogP contribution in [0.2, 0.25) is 0 Å². The summed E-state index contributed by atoms with van der Waals surface area (Å²) in [5.41, 5.74) is 0.470. The van der Waals surface area contributed by atoms with Crippen molar-refractivity contribution in [2.75, 3.05) is 13.7 Å².